The van der Waals surface area contributed by atoms with Crippen molar-refractivity contribution in [2.75, 3.05) is 26.2 Å². The lowest BCUT2D eigenvalue weighted by atomic mass is 10.0. The van der Waals surface area contributed by atoms with E-state index in [0.717, 1.165) is 45.7 Å². The first-order chi connectivity index (χ1) is 13.3. The lowest BCUT2D eigenvalue weighted by Gasteiger charge is -2.35. The SMILES string of the molecule is O=C(CCCn1cccn1)N1CCN(Cc2cccc3ccccc23)CC1. The molecule has 3 aromatic rings. The zero-order valence-electron chi connectivity index (χ0n) is 15.6. The molecule has 1 fully saturated rings. The summed E-state index contributed by atoms with van der Waals surface area (Å²) in [7, 11) is 0. The molecule has 5 heteroatoms. The fourth-order valence-electron chi connectivity index (χ4n) is 3.81. The summed E-state index contributed by atoms with van der Waals surface area (Å²) in [4.78, 5) is 16.9. The minimum absolute atomic E-state index is 0.270. The van der Waals surface area contributed by atoms with Crippen molar-refractivity contribution in [1.29, 1.82) is 0 Å². The Morgan fingerprint density at radius 1 is 0.963 bits per heavy atom. The summed E-state index contributed by atoms with van der Waals surface area (Å²) in [5.74, 6) is 0.270. The van der Waals surface area contributed by atoms with Crippen molar-refractivity contribution in [3.63, 3.8) is 0 Å². The fourth-order valence-corrected chi connectivity index (χ4v) is 3.81. The first-order valence-corrected chi connectivity index (χ1v) is 9.74. The molecule has 0 unspecified atom stereocenters. The highest BCUT2D eigenvalue weighted by atomic mass is 16.2. The quantitative estimate of drug-likeness (QED) is 0.676. The molecule has 0 atom stereocenters. The Kier molecular flexibility index (Phi) is 5.49. The predicted molar refractivity (Wildman–Crippen MR) is 107 cm³/mol. The van der Waals surface area contributed by atoms with Crippen LogP contribution in [0.15, 0.2) is 60.9 Å². The summed E-state index contributed by atoms with van der Waals surface area (Å²) in [5.41, 5.74) is 1.37. The predicted octanol–water partition coefficient (Wildman–Crippen LogP) is 3.16. The van der Waals surface area contributed by atoms with Gasteiger partial charge in [0.1, 0.15) is 0 Å². The molecule has 2 heterocycles. The van der Waals surface area contributed by atoms with E-state index in [0.29, 0.717) is 6.42 Å². The van der Waals surface area contributed by atoms with Gasteiger partial charge in [-0.15, -0.1) is 0 Å². The summed E-state index contributed by atoms with van der Waals surface area (Å²) < 4.78 is 1.88. The standard InChI is InChI=1S/C22H26N4O/c27-22(10-4-12-26-13-5-11-23-26)25-16-14-24(15-17-25)18-20-8-3-7-19-6-1-2-9-21(19)20/h1-3,5-9,11,13H,4,10,12,14-18H2. The average Bonchev–Trinajstić information content (AvgIpc) is 3.22. The number of aromatic nitrogens is 2. The van der Waals surface area contributed by atoms with Crippen LogP contribution in [0.4, 0.5) is 0 Å². The lowest BCUT2D eigenvalue weighted by Crippen LogP contribution is -2.48. The van der Waals surface area contributed by atoms with Crippen LogP contribution >= 0.6 is 0 Å². The maximum atomic E-state index is 12.4. The summed E-state index contributed by atoms with van der Waals surface area (Å²) in [6, 6.07) is 17.0. The van der Waals surface area contributed by atoms with E-state index < -0.39 is 0 Å². The Balaban J connectivity index is 1.26. The number of aryl methyl sites for hydroxylation is 1. The van der Waals surface area contributed by atoms with Crippen molar-refractivity contribution in [3.8, 4) is 0 Å². The third-order valence-corrected chi connectivity index (χ3v) is 5.34. The third-order valence-electron chi connectivity index (χ3n) is 5.34. The highest BCUT2D eigenvalue weighted by molar-refractivity contribution is 5.85. The number of benzene rings is 2. The molecular formula is C22H26N4O. The Morgan fingerprint density at radius 3 is 2.59 bits per heavy atom. The Hall–Kier alpha value is -2.66. The van der Waals surface area contributed by atoms with Gasteiger partial charge >= 0.3 is 0 Å². The molecule has 0 radical (unpaired) electrons. The van der Waals surface area contributed by atoms with E-state index in [1.807, 2.05) is 21.8 Å². The normalized spacial score (nSPS) is 15.3. The van der Waals surface area contributed by atoms with Gasteiger partial charge in [-0.3, -0.25) is 14.4 Å². The van der Waals surface area contributed by atoms with Crippen LogP contribution in [0, 0.1) is 0 Å². The first kappa shape index (κ1) is 17.7. The van der Waals surface area contributed by atoms with Crippen molar-refractivity contribution in [2.24, 2.45) is 0 Å². The van der Waals surface area contributed by atoms with Gasteiger partial charge in [-0.05, 0) is 28.8 Å². The molecule has 140 valence electrons. The molecule has 0 bridgehead atoms. The van der Waals surface area contributed by atoms with Crippen molar-refractivity contribution in [2.45, 2.75) is 25.9 Å². The van der Waals surface area contributed by atoms with Gasteiger partial charge in [0.2, 0.25) is 5.91 Å². The molecule has 4 rings (SSSR count). The molecule has 5 nitrogen and oxygen atoms in total. The molecule has 2 aromatic carbocycles. The Bertz CT molecular complexity index is 877. The molecule has 1 saturated heterocycles. The van der Waals surface area contributed by atoms with Crippen LogP contribution in [0.1, 0.15) is 18.4 Å². The molecule has 0 spiro atoms. The van der Waals surface area contributed by atoms with Crippen molar-refractivity contribution in [3.05, 3.63) is 66.5 Å². The van der Waals surface area contributed by atoms with Gasteiger partial charge in [-0.25, -0.2) is 0 Å². The number of rotatable bonds is 6. The molecule has 0 N–H and O–H groups in total. The van der Waals surface area contributed by atoms with E-state index >= 15 is 0 Å². The van der Waals surface area contributed by atoms with Gasteiger partial charge in [0.05, 0.1) is 0 Å². The first-order valence-electron chi connectivity index (χ1n) is 9.74. The van der Waals surface area contributed by atoms with Crippen molar-refractivity contribution < 1.29 is 4.79 Å². The Labute approximate surface area is 160 Å². The molecule has 1 aromatic heterocycles. The maximum Gasteiger partial charge on any atom is 0.222 e. The summed E-state index contributed by atoms with van der Waals surface area (Å²) >= 11 is 0. The average molecular weight is 362 g/mol. The van der Waals surface area contributed by atoms with Gasteiger partial charge in [0.15, 0.2) is 0 Å². The molecule has 1 amide bonds. The lowest BCUT2D eigenvalue weighted by molar-refractivity contribution is -0.133. The van der Waals surface area contributed by atoms with E-state index in [1.54, 1.807) is 6.20 Å². The summed E-state index contributed by atoms with van der Waals surface area (Å²) in [6.45, 7) is 5.28. The zero-order valence-corrected chi connectivity index (χ0v) is 15.6. The number of carbonyl (C=O) groups excluding carboxylic acids is 1. The second-order valence-corrected chi connectivity index (χ2v) is 7.17. The van der Waals surface area contributed by atoms with E-state index in [2.05, 4.69) is 52.5 Å². The van der Waals surface area contributed by atoms with Crippen molar-refractivity contribution >= 4 is 16.7 Å². The second-order valence-electron chi connectivity index (χ2n) is 7.17. The van der Waals surface area contributed by atoms with Gasteiger partial charge in [0, 0.05) is 58.1 Å². The van der Waals surface area contributed by atoms with E-state index in [-0.39, 0.29) is 5.91 Å². The van der Waals surface area contributed by atoms with Crippen LogP contribution in [0.25, 0.3) is 10.8 Å². The minimum Gasteiger partial charge on any atom is -0.340 e. The molecular weight excluding hydrogens is 336 g/mol. The molecule has 1 aliphatic heterocycles. The summed E-state index contributed by atoms with van der Waals surface area (Å²) in [5, 5.41) is 6.81. The van der Waals surface area contributed by atoms with Crippen LogP contribution in [-0.2, 0) is 17.9 Å². The number of hydrogen-bond acceptors (Lipinski definition) is 3. The van der Waals surface area contributed by atoms with Crippen LogP contribution in [0.2, 0.25) is 0 Å². The highest BCUT2D eigenvalue weighted by Crippen LogP contribution is 2.20. The molecule has 1 aliphatic rings. The topological polar surface area (TPSA) is 41.4 Å². The number of piperazine rings is 1. The number of fused-ring (bicyclic) bond motifs is 1. The molecule has 0 saturated carbocycles. The number of nitrogens with zero attached hydrogens (tertiary/aromatic N) is 4. The van der Waals surface area contributed by atoms with Gasteiger partial charge < -0.3 is 4.90 Å². The summed E-state index contributed by atoms with van der Waals surface area (Å²) in [6.07, 6.45) is 5.16. The van der Waals surface area contributed by atoms with E-state index in [1.165, 1.54) is 16.3 Å². The van der Waals surface area contributed by atoms with E-state index in [9.17, 15) is 4.79 Å². The van der Waals surface area contributed by atoms with Crippen LogP contribution < -0.4 is 0 Å². The fraction of sp³-hybridized carbons (Fsp3) is 0.364. The van der Waals surface area contributed by atoms with Gasteiger partial charge in [-0.1, -0.05) is 42.5 Å². The monoisotopic (exact) mass is 362 g/mol. The molecule has 27 heavy (non-hydrogen) atoms. The molecule has 0 aliphatic carbocycles. The number of amides is 1. The van der Waals surface area contributed by atoms with Gasteiger partial charge in [0.25, 0.3) is 0 Å². The zero-order chi connectivity index (χ0) is 18.5. The second kappa shape index (κ2) is 8.35. The smallest absolute Gasteiger partial charge is 0.222 e. The largest absolute Gasteiger partial charge is 0.340 e. The number of hydrogen-bond donors (Lipinski definition) is 0. The van der Waals surface area contributed by atoms with Gasteiger partial charge in [-0.2, -0.15) is 5.10 Å². The maximum absolute atomic E-state index is 12.4. The minimum atomic E-state index is 0.270. The Morgan fingerprint density at radius 2 is 1.78 bits per heavy atom. The highest BCUT2D eigenvalue weighted by Gasteiger charge is 2.21. The van der Waals surface area contributed by atoms with Crippen molar-refractivity contribution in [1.82, 2.24) is 19.6 Å². The third kappa shape index (κ3) is 4.37. The van der Waals surface area contributed by atoms with Crippen LogP contribution in [-0.4, -0.2) is 51.7 Å². The van der Waals surface area contributed by atoms with Crippen LogP contribution in [0.3, 0.4) is 0 Å². The van der Waals surface area contributed by atoms with Crippen LogP contribution in [0.5, 0.6) is 0 Å². The van der Waals surface area contributed by atoms with E-state index in [4.69, 9.17) is 0 Å². The number of carbonyl (C=O) groups is 1.